The van der Waals surface area contributed by atoms with E-state index in [2.05, 4.69) is 4.72 Å². The molecular formula is C9H15ClN4O3S. The number of nitrogen functional groups attached to an aromatic ring is 2. The first-order valence-corrected chi connectivity index (χ1v) is 6.30. The zero-order valence-electron chi connectivity index (χ0n) is 9.64. The van der Waals surface area contributed by atoms with Crippen LogP contribution in [0.15, 0.2) is 23.1 Å². The van der Waals surface area contributed by atoms with E-state index < -0.39 is 15.9 Å². The van der Waals surface area contributed by atoms with Crippen LogP contribution in [0.3, 0.4) is 0 Å². The summed E-state index contributed by atoms with van der Waals surface area (Å²) in [6, 6.07) is 3.84. The minimum absolute atomic E-state index is 0. The number of hydrazine groups is 1. The molecule has 1 aromatic rings. The smallest absolute Gasteiger partial charge is 0.267 e. The van der Waals surface area contributed by atoms with E-state index in [1.807, 2.05) is 5.43 Å². The van der Waals surface area contributed by atoms with Crippen molar-refractivity contribution in [2.24, 2.45) is 5.84 Å². The molecular weight excluding hydrogens is 280 g/mol. The quantitative estimate of drug-likeness (QED) is 0.260. The molecule has 0 bridgehead atoms. The van der Waals surface area contributed by atoms with Crippen molar-refractivity contribution in [2.45, 2.75) is 11.8 Å². The molecule has 1 aromatic carbocycles. The normalized spacial score (nSPS) is 10.6. The number of amides is 1. The van der Waals surface area contributed by atoms with Gasteiger partial charge < -0.3 is 5.73 Å². The lowest BCUT2D eigenvalue weighted by atomic mass is 10.2. The monoisotopic (exact) mass is 294 g/mol. The Hall–Kier alpha value is -1.35. The molecule has 1 rings (SSSR count). The van der Waals surface area contributed by atoms with Crippen molar-refractivity contribution in [1.82, 2.24) is 10.1 Å². The molecule has 0 aliphatic heterocycles. The first-order valence-electron chi connectivity index (χ1n) is 4.82. The van der Waals surface area contributed by atoms with E-state index in [4.69, 9.17) is 11.6 Å². The molecule has 9 heteroatoms. The first kappa shape index (κ1) is 16.6. The highest BCUT2D eigenvalue weighted by molar-refractivity contribution is 7.89. The van der Waals surface area contributed by atoms with Crippen LogP contribution in [-0.4, -0.2) is 20.9 Å². The molecule has 0 heterocycles. The number of benzene rings is 1. The molecule has 0 unspecified atom stereocenters. The van der Waals surface area contributed by atoms with Crippen LogP contribution in [0.25, 0.3) is 0 Å². The second kappa shape index (κ2) is 6.55. The third-order valence-electron chi connectivity index (χ3n) is 2.05. The topological polar surface area (TPSA) is 127 Å². The van der Waals surface area contributed by atoms with E-state index >= 15 is 0 Å². The summed E-state index contributed by atoms with van der Waals surface area (Å²) >= 11 is 0. The number of sulfonamides is 1. The lowest BCUT2D eigenvalue weighted by molar-refractivity contribution is 0.0954. The Balaban J connectivity index is 0.00000289. The van der Waals surface area contributed by atoms with Crippen LogP contribution >= 0.6 is 12.4 Å². The lowest BCUT2D eigenvalue weighted by Crippen LogP contribution is -2.31. The summed E-state index contributed by atoms with van der Waals surface area (Å²) in [6.07, 6.45) is 0. The van der Waals surface area contributed by atoms with Gasteiger partial charge in [-0.25, -0.2) is 19.0 Å². The number of rotatable bonds is 4. The molecule has 0 aromatic heterocycles. The molecule has 102 valence electrons. The van der Waals surface area contributed by atoms with Gasteiger partial charge in [0.2, 0.25) is 10.0 Å². The first-order chi connectivity index (χ1) is 7.92. The van der Waals surface area contributed by atoms with Crippen molar-refractivity contribution in [2.75, 3.05) is 12.3 Å². The van der Waals surface area contributed by atoms with Gasteiger partial charge in [-0.15, -0.1) is 12.4 Å². The Morgan fingerprint density at radius 2 is 2.00 bits per heavy atom. The summed E-state index contributed by atoms with van der Waals surface area (Å²) in [5.74, 6) is 4.33. The predicted octanol–water partition coefficient (Wildman–Crippen LogP) is -0.408. The Kier molecular flexibility index (Phi) is 6.06. The third kappa shape index (κ3) is 3.57. The number of hydrogen-bond donors (Lipinski definition) is 4. The van der Waals surface area contributed by atoms with Crippen molar-refractivity contribution in [3.63, 3.8) is 0 Å². The molecule has 7 nitrogen and oxygen atoms in total. The fraction of sp³-hybridized carbons (Fsp3) is 0.222. The van der Waals surface area contributed by atoms with E-state index in [0.717, 1.165) is 0 Å². The van der Waals surface area contributed by atoms with Crippen LogP contribution in [0.5, 0.6) is 0 Å². The van der Waals surface area contributed by atoms with Crippen LogP contribution in [0.4, 0.5) is 5.69 Å². The summed E-state index contributed by atoms with van der Waals surface area (Å²) in [7, 11) is -3.62. The highest BCUT2D eigenvalue weighted by atomic mass is 35.5. The minimum Gasteiger partial charge on any atom is -0.398 e. The Morgan fingerprint density at radius 1 is 1.39 bits per heavy atom. The van der Waals surface area contributed by atoms with Gasteiger partial charge in [0.1, 0.15) is 0 Å². The van der Waals surface area contributed by atoms with Crippen LogP contribution in [-0.2, 0) is 10.0 Å². The largest absolute Gasteiger partial charge is 0.398 e. The van der Waals surface area contributed by atoms with Gasteiger partial charge in [-0.3, -0.25) is 10.2 Å². The highest BCUT2D eigenvalue weighted by Crippen LogP contribution is 2.17. The second-order valence-electron chi connectivity index (χ2n) is 3.22. The van der Waals surface area contributed by atoms with Crippen LogP contribution < -0.4 is 21.7 Å². The Bertz CT molecular complexity index is 533. The zero-order valence-corrected chi connectivity index (χ0v) is 11.3. The third-order valence-corrected chi connectivity index (χ3v) is 3.59. The van der Waals surface area contributed by atoms with E-state index in [1.165, 1.54) is 18.2 Å². The average Bonchev–Trinajstić information content (AvgIpc) is 2.28. The Labute approximate surface area is 111 Å². The molecule has 0 saturated carbocycles. The van der Waals surface area contributed by atoms with Crippen LogP contribution in [0.2, 0.25) is 0 Å². The molecule has 1 amide bonds. The van der Waals surface area contributed by atoms with Crippen molar-refractivity contribution < 1.29 is 13.2 Å². The van der Waals surface area contributed by atoms with Gasteiger partial charge in [0.15, 0.2) is 0 Å². The molecule has 0 fully saturated rings. The van der Waals surface area contributed by atoms with E-state index in [-0.39, 0.29) is 35.1 Å². The summed E-state index contributed by atoms with van der Waals surface area (Å²) in [5, 5.41) is 0. The summed E-state index contributed by atoms with van der Waals surface area (Å²) in [5.41, 5.74) is 7.63. The minimum atomic E-state index is -3.62. The van der Waals surface area contributed by atoms with E-state index in [9.17, 15) is 13.2 Å². The molecule has 0 aliphatic rings. The molecule has 18 heavy (non-hydrogen) atoms. The zero-order chi connectivity index (χ0) is 13.1. The molecule has 6 N–H and O–H groups in total. The van der Waals surface area contributed by atoms with Gasteiger partial charge in [0.05, 0.1) is 10.5 Å². The van der Waals surface area contributed by atoms with Gasteiger partial charge in [-0.1, -0.05) is 6.92 Å². The molecule has 0 saturated heterocycles. The fourth-order valence-corrected chi connectivity index (χ4v) is 2.32. The second-order valence-corrected chi connectivity index (χ2v) is 4.99. The maximum atomic E-state index is 11.7. The van der Waals surface area contributed by atoms with Gasteiger partial charge in [0, 0.05) is 12.2 Å². The van der Waals surface area contributed by atoms with Gasteiger partial charge in [-0.2, -0.15) is 0 Å². The van der Waals surface area contributed by atoms with Crippen molar-refractivity contribution in [1.29, 1.82) is 0 Å². The lowest BCUT2D eigenvalue weighted by Gasteiger charge is -2.08. The number of nitrogens with two attached hydrogens (primary N) is 2. The Morgan fingerprint density at radius 3 is 2.50 bits per heavy atom. The predicted molar refractivity (Wildman–Crippen MR) is 70.6 cm³/mol. The van der Waals surface area contributed by atoms with E-state index in [1.54, 1.807) is 6.92 Å². The summed E-state index contributed by atoms with van der Waals surface area (Å²) < 4.78 is 25.7. The van der Waals surface area contributed by atoms with Crippen LogP contribution in [0, 0.1) is 0 Å². The van der Waals surface area contributed by atoms with Gasteiger partial charge in [0.25, 0.3) is 5.91 Å². The number of halogens is 1. The summed E-state index contributed by atoms with van der Waals surface area (Å²) in [4.78, 5) is 11.3. The molecule has 0 spiro atoms. The maximum Gasteiger partial charge on any atom is 0.267 e. The summed E-state index contributed by atoms with van der Waals surface area (Å²) in [6.45, 7) is 1.91. The number of hydrogen-bond acceptors (Lipinski definition) is 5. The fourth-order valence-electron chi connectivity index (χ4n) is 1.25. The molecule has 0 atom stereocenters. The highest BCUT2D eigenvalue weighted by Gasteiger charge is 2.16. The van der Waals surface area contributed by atoms with Gasteiger partial charge in [-0.05, 0) is 18.2 Å². The standard InChI is InChI=1S/C9H14N4O3S.ClH/c1-2-12-17(15,16)6-3-4-8(10)7(5-6)9(14)13-11;/h3-5,12H,2,10-11H2,1H3,(H,13,14);1H. The molecule has 0 radical (unpaired) electrons. The maximum absolute atomic E-state index is 11.7. The number of carbonyl (C=O) groups excluding carboxylic acids is 1. The number of carbonyl (C=O) groups is 1. The van der Waals surface area contributed by atoms with Crippen molar-refractivity contribution >= 4 is 34.0 Å². The van der Waals surface area contributed by atoms with Crippen molar-refractivity contribution in [3.05, 3.63) is 23.8 Å². The van der Waals surface area contributed by atoms with Crippen molar-refractivity contribution in [3.8, 4) is 0 Å². The molecule has 0 aliphatic carbocycles. The van der Waals surface area contributed by atoms with Crippen LogP contribution in [0.1, 0.15) is 17.3 Å². The number of nitrogens with one attached hydrogen (secondary N) is 2. The number of anilines is 1. The SMILES string of the molecule is CCNS(=O)(=O)c1ccc(N)c(C(=O)NN)c1.Cl. The average molecular weight is 295 g/mol. The van der Waals surface area contributed by atoms with E-state index in [0.29, 0.717) is 0 Å². The van der Waals surface area contributed by atoms with Gasteiger partial charge >= 0.3 is 0 Å².